The Morgan fingerprint density at radius 1 is 1.20 bits per heavy atom. The molecule has 35 heavy (non-hydrogen) atoms. The Morgan fingerprint density at radius 3 is 2.80 bits per heavy atom. The molecule has 0 amide bonds. The smallest absolute Gasteiger partial charge is 0.357 e. The van der Waals surface area contributed by atoms with E-state index in [0.717, 1.165) is 48.9 Å². The number of carbonyl (C=O) groups is 1. The van der Waals surface area contributed by atoms with Crippen LogP contribution in [0.1, 0.15) is 53.4 Å². The SMILES string of the molecule is CCOC(=O)c1cc2cccnc2c(N2CCCc3cc(C4=CCN(C)CC4)c(C(F)F)cc32)n1. The average Bonchev–Trinajstić information content (AvgIpc) is 2.87. The van der Waals surface area contributed by atoms with Crippen molar-refractivity contribution in [2.75, 3.05) is 38.2 Å². The topological polar surface area (TPSA) is 58.6 Å². The summed E-state index contributed by atoms with van der Waals surface area (Å²) in [4.78, 5) is 25.8. The van der Waals surface area contributed by atoms with Crippen LogP contribution in [-0.4, -0.2) is 54.1 Å². The number of esters is 1. The second-order valence-corrected chi connectivity index (χ2v) is 8.99. The molecule has 182 valence electrons. The van der Waals surface area contributed by atoms with Gasteiger partial charge in [0.05, 0.1) is 6.61 Å². The van der Waals surface area contributed by atoms with E-state index in [0.29, 0.717) is 29.1 Å². The second-order valence-electron chi connectivity index (χ2n) is 8.99. The molecule has 0 aliphatic carbocycles. The van der Waals surface area contributed by atoms with E-state index in [4.69, 9.17) is 4.74 Å². The summed E-state index contributed by atoms with van der Waals surface area (Å²) in [6.45, 7) is 4.17. The molecular weight excluding hydrogens is 450 g/mol. The quantitative estimate of drug-likeness (QED) is 0.449. The van der Waals surface area contributed by atoms with Crippen molar-refractivity contribution in [3.8, 4) is 0 Å². The molecule has 5 rings (SSSR count). The molecule has 0 N–H and O–H groups in total. The third kappa shape index (κ3) is 4.50. The fourth-order valence-electron chi connectivity index (χ4n) is 4.91. The van der Waals surface area contributed by atoms with Crippen molar-refractivity contribution in [1.29, 1.82) is 0 Å². The minimum Gasteiger partial charge on any atom is -0.461 e. The lowest BCUT2D eigenvalue weighted by Gasteiger charge is -2.33. The molecule has 6 nitrogen and oxygen atoms in total. The predicted octanol–water partition coefficient (Wildman–Crippen LogP) is 5.55. The summed E-state index contributed by atoms with van der Waals surface area (Å²) in [5, 5.41) is 0.745. The molecule has 8 heteroatoms. The molecule has 0 saturated heterocycles. The van der Waals surface area contributed by atoms with Crippen LogP contribution in [0.3, 0.4) is 0 Å². The molecule has 2 aliphatic heterocycles. The highest BCUT2D eigenvalue weighted by molar-refractivity contribution is 5.98. The molecular formula is C27H28F2N4O2. The van der Waals surface area contributed by atoms with Crippen molar-refractivity contribution < 1.29 is 18.3 Å². The second kappa shape index (κ2) is 9.70. The first-order valence-electron chi connectivity index (χ1n) is 12.0. The van der Waals surface area contributed by atoms with Gasteiger partial charge in [-0.15, -0.1) is 0 Å². The Morgan fingerprint density at radius 2 is 2.06 bits per heavy atom. The molecule has 0 fully saturated rings. The van der Waals surface area contributed by atoms with Gasteiger partial charge >= 0.3 is 5.97 Å². The van der Waals surface area contributed by atoms with Gasteiger partial charge < -0.3 is 14.5 Å². The molecule has 2 aromatic heterocycles. The van der Waals surface area contributed by atoms with Crippen LogP contribution in [0.5, 0.6) is 0 Å². The maximum Gasteiger partial charge on any atom is 0.357 e. The number of halogens is 2. The monoisotopic (exact) mass is 478 g/mol. The first kappa shape index (κ1) is 23.4. The van der Waals surface area contributed by atoms with Crippen LogP contribution >= 0.6 is 0 Å². The standard InChI is InChI=1S/C27H28F2N4O2/c1-3-35-27(34)22-15-19-6-4-10-30-24(19)26(31-22)33-11-5-7-18-14-20(17-8-12-32(2)13-9-17)21(25(28)29)16-23(18)33/h4,6,8,10,14-16,25H,3,5,7,9,11-13H2,1-2H3. The van der Waals surface area contributed by atoms with Crippen LogP contribution in [0.25, 0.3) is 16.5 Å². The summed E-state index contributed by atoms with van der Waals surface area (Å²) in [5.74, 6) is -0.0341. The lowest BCUT2D eigenvalue weighted by molar-refractivity contribution is 0.0520. The number of alkyl halides is 2. The van der Waals surface area contributed by atoms with Crippen molar-refractivity contribution >= 4 is 34.0 Å². The van der Waals surface area contributed by atoms with E-state index in [-0.39, 0.29) is 17.9 Å². The molecule has 0 radical (unpaired) electrons. The molecule has 1 aromatic carbocycles. The number of hydrogen-bond acceptors (Lipinski definition) is 6. The van der Waals surface area contributed by atoms with Gasteiger partial charge in [0, 0.05) is 42.5 Å². The van der Waals surface area contributed by atoms with E-state index in [2.05, 4.69) is 20.9 Å². The number of pyridine rings is 2. The van der Waals surface area contributed by atoms with Crippen molar-refractivity contribution in [1.82, 2.24) is 14.9 Å². The lowest BCUT2D eigenvalue weighted by atomic mass is 9.89. The molecule has 0 saturated carbocycles. The molecule has 0 atom stereocenters. The number of hydrogen-bond donors (Lipinski definition) is 0. The molecule has 0 unspecified atom stereocenters. The Bertz CT molecular complexity index is 1310. The predicted molar refractivity (Wildman–Crippen MR) is 132 cm³/mol. The lowest BCUT2D eigenvalue weighted by Crippen LogP contribution is -2.27. The Labute approximate surface area is 203 Å². The van der Waals surface area contributed by atoms with Crippen LogP contribution in [0.2, 0.25) is 0 Å². The van der Waals surface area contributed by atoms with Crippen LogP contribution in [-0.2, 0) is 11.2 Å². The summed E-state index contributed by atoms with van der Waals surface area (Å²) in [7, 11) is 2.03. The summed E-state index contributed by atoms with van der Waals surface area (Å²) in [6, 6.07) is 8.87. The average molecular weight is 479 g/mol. The normalized spacial score (nSPS) is 16.4. The third-order valence-electron chi connectivity index (χ3n) is 6.67. The maximum absolute atomic E-state index is 14.3. The van der Waals surface area contributed by atoms with Crippen molar-refractivity contribution in [3.63, 3.8) is 0 Å². The first-order valence-corrected chi connectivity index (χ1v) is 12.0. The fourth-order valence-corrected chi connectivity index (χ4v) is 4.91. The molecule has 0 spiro atoms. The van der Waals surface area contributed by atoms with Gasteiger partial charge in [-0.05, 0) is 74.2 Å². The van der Waals surface area contributed by atoms with Gasteiger partial charge in [0.2, 0.25) is 0 Å². The molecule has 3 aromatic rings. The van der Waals surface area contributed by atoms with E-state index >= 15 is 0 Å². The van der Waals surface area contributed by atoms with Crippen LogP contribution < -0.4 is 4.90 Å². The van der Waals surface area contributed by atoms with Gasteiger partial charge in [-0.3, -0.25) is 4.98 Å². The van der Waals surface area contributed by atoms with Gasteiger partial charge in [0.15, 0.2) is 11.5 Å². The van der Waals surface area contributed by atoms with E-state index < -0.39 is 12.4 Å². The van der Waals surface area contributed by atoms with E-state index in [9.17, 15) is 13.6 Å². The third-order valence-corrected chi connectivity index (χ3v) is 6.67. The highest BCUT2D eigenvalue weighted by Crippen LogP contribution is 2.41. The summed E-state index contributed by atoms with van der Waals surface area (Å²) < 4.78 is 33.8. The highest BCUT2D eigenvalue weighted by Gasteiger charge is 2.28. The molecule has 0 bridgehead atoms. The zero-order chi connectivity index (χ0) is 24.5. The Kier molecular flexibility index (Phi) is 6.47. The largest absolute Gasteiger partial charge is 0.461 e. The molecule has 2 aliphatic rings. The van der Waals surface area contributed by atoms with Crippen molar-refractivity contribution in [2.45, 2.75) is 32.6 Å². The first-order chi connectivity index (χ1) is 17.0. The highest BCUT2D eigenvalue weighted by atomic mass is 19.3. The number of ether oxygens (including phenoxy) is 1. The number of nitrogens with zero attached hydrogens (tertiary/aromatic N) is 4. The number of likely N-dealkylation sites (N-methyl/N-ethyl adjacent to an activating group) is 1. The van der Waals surface area contributed by atoms with Crippen LogP contribution in [0, 0.1) is 0 Å². The Hall–Kier alpha value is -3.39. The van der Waals surface area contributed by atoms with E-state index in [1.165, 1.54) is 0 Å². The van der Waals surface area contributed by atoms with Gasteiger partial charge in [0.1, 0.15) is 5.52 Å². The van der Waals surface area contributed by atoms with Gasteiger partial charge in [-0.1, -0.05) is 12.1 Å². The summed E-state index contributed by atoms with van der Waals surface area (Å²) in [6.07, 6.45) is 3.49. The zero-order valence-electron chi connectivity index (χ0n) is 19.9. The van der Waals surface area contributed by atoms with E-state index in [1.807, 2.05) is 24.1 Å². The minimum absolute atomic E-state index is 0.0327. The van der Waals surface area contributed by atoms with E-state index in [1.54, 1.807) is 31.3 Å². The minimum atomic E-state index is -2.60. The molecule has 4 heterocycles. The Balaban J connectivity index is 1.66. The number of carbonyl (C=O) groups excluding carboxylic acids is 1. The number of fused-ring (bicyclic) bond motifs is 2. The van der Waals surface area contributed by atoms with Crippen LogP contribution in [0.4, 0.5) is 20.3 Å². The van der Waals surface area contributed by atoms with Crippen molar-refractivity contribution in [2.24, 2.45) is 0 Å². The number of rotatable bonds is 5. The van der Waals surface area contributed by atoms with Gasteiger partial charge in [-0.25, -0.2) is 18.6 Å². The number of aromatic nitrogens is 2. The fraction of sp³-hybridized carbons (Fsp3) is 0.370. The zero-order valence-corrected chi connectivity index (χ0v) is 19.9. The number of benzene rings is 1. The summed E-state index contributed by atoms with van der Waals surface area (Å²) >= 11 is 0. The van der Waals surface area contributed by atoms with Gasteiger partial charge in [0.25, 0.3) is 6.43 Å². The summed E-state index contributed by atoms with van der Waals surface area (Å²) in [5.41, 5.74) is 4.15. The van der Waals surface area contributed by atoms with Crippen molar-refractivity contribution in [3.05, 3.63) is 65.0 Å². The van der Waals surface area contributed by atoms with Gasteiger partial charge in [-0.2, -0.15) is 0 Å². The number of aryl methyl sites for hydroxylation is 1. The maximum atomic E-state index is 14.3. The van der Waals surface area contributed by atoms with Crippen LogP contribution in [0.15, 0.2) is 42.6 Å². The number of anilines is 2.